The summed E-state index contributed by atoms with van der Waals surface area (Å²) in [6.45, 7) is 9.89. The summed E-state index contributed by atoms with van der Waals surface area (Å²) < 4.78 is 0. The Hall–Kier alpha value is -1.90. The minimum Gasteiger partial charge on any atom is -0.392 e. The van der Waals surface area contributed by atoms with Gasteiger partial charge in [0.2, 0.25) is 0 Å². The largest absolute Gasteiger partial charge is 0.392 e. The SMILES string of the molecule is C=CC(C(O)CC)C(C)N(Cc1ccccc1)Cc1ccccc1. The van der Waals surface area contributed by atoms with E-state index in [4.69, 9.17) is 0 Å². The molecule has 0 aliphatic rings. The molecule has 2 aromatic rings. The maximum atomic E-state index is 10.4. The Labute approximate surface area is 146 Å². The number of hydrogen-bond acceptors (Lipinski definition) is 2. The summed E-state index contributed by atoms with van der Waals surface area (Å²) in [6, 6.07) is 21.2. The van der Waals surface area contributed by atoms with Crippen molar-refractivity contribution in [3.8, 4) is 0 Å². The van der Waals surface area contributed by atoms with Crippen LogP contribution in [0, 0.1) is 5.92 Å². The van der Waals surface area contributed by atoms with Gasteiger partial charge in [0.1, 0.15) is 0 Å². The maximum absolute atomic E-state index is 10.4. The zero-order valence-electron chi connectivity index (χ0n) is 14.8. The van der Waals surface area contributed by atoms with Gasteiger partial charge in [-0.2, -0.15) is 0 Å². The van der Waals surface area contributed by atoms with Crippen LogP contribution in [-0.2, 0) is 13.1 Å². The van der Waals surface area contributed by atoms with Gasteiger partial charge >= 0.3 is 0 Å². The molecule has 0 fully saturated rings. The third-order valence-corrected chi connectivity index (χ3v) is 4.72. The van der Waals surface area contributed by atoms with E-state index in [1.165, 1.54) is 11.1 Å². The van der Waals surface area contributed by atoms with E-state index in [1.54, 1.807) is 0 Å². The molecule has 2 aromatic carbocycles. The first-order valence-electron chi connectivity index (χ1n) is 8.78. The van der Waals surface area contributed by atoms with Crippen LogP contribution in [0.25, 0.3) is 0 Å². The third kappa shape index (κ3) is 5.05. The van der Waals surface area contributed by atoms with Crippen molar-refractivity contribution in [2.45, 2.75) is 45.5 Å². The Morgan fingerprint density at radius 3 is 1.79 bits per heavy atom. The van der Waals surface area contributed by atoms with E-state index >= 15 is 0 Å². The summed E-state index contributed by atoms with van der Waals surface area (Å²) in [4.78, 5) is 2.43. The van der Waals surface area contributed by atoms with E-state index in [9.17, 15) is 5.11 Å². The van der Waals surface area contributed by atoms with Crippen molar-refractivity contribution in [2.24, 2.45) is 5.92 Å². The Balaban J connectivity index is 2.22. The molecule has 0 aromatic heterocycles. The Kier molecular flexibility index (Phi) is 7.23. The van der Waals surface area contributed by atoms with Crippen LogP contribution in [0.2, 0.25) is 0 Å². The van der Waals surface area contributed by atoms with Crippen molar-refractivity contribution >= 4 is 0 Å². The van der Waals surface area contributed by atoms with E-state index in [2.05, 4.69) is 66.9 Å². The predicted molar refractivity (Wildman–Crippen MR) is 102 cm³/mol. The molecule has 3 atom stereocenters. The lowest BCUT2D eigenvalue weighted by atomic mass is 9.91. The highest BCUT2D eigenvalue weighted by Crippen LogP contribution is 2.23. The lowest BCUT2D eigenvalue weighted by Gasteiger charge is -2.35. The molecule has 0 bridgehead atoms. The molecule has 0 aliphatic carbocycles. The lowest BCUT2D eigenvalue weighted by molar-refractivity contribution is 0.0572. The minimum absolute atomic E-state index is 0.0578. The molecule has 0 radical (unpaired) electrons. The number of rotatable bonds is 9. The van der Waals surface area contributed by atoms with Crippen LogP contribution in [0.4, 0.5) is 0 Å². The zero-order valence-corrected chi connectivity index (χ0v) is 14.8. The van der Waals surface area contributed by atoms with Gasteiger partial charge in [-0.25, -0.2) is 0 Å². The molecule has 0 saturated heterocycles. The molecular formula is C22H29NO. The second-order valence-corrected chi connectivity index (χ2v) is 6.41. The van der Waals surface area contributed by atoms with Crippen LogP contribution < -0.4 is 0 Å². The second-order valence-electron chi connectivity index (χ2n) is 6.41. The van der Waals surface area contributed by atoms with E-state index in [0.29, 0.717) is 0 Å². The fraction of sp³-hybridized carbons (Fsp3) is 0.364. The van der Waals surface area contributed by atoms with Crippen LogP contribution in [0.3, 0.4) is 0 Å². The first-order valence-corrected chi connectivity index (χ1v) is 8.78. The van der Waals surface area contributed by atoms with Crippen molar-refractivity contribution < 1.29 is 5.11 Å². The fourth-order valence-corrected chi connectivity index (χ4v) is 3.17. The quantitative estimate of drug-likeness (QED) is 0.679. The van der Waals surface area contributed by atoms with Crippen LogP contribution in [0.1, 0.15) is 31.4 Å². The van der Waals surface area contributed by atoms with Crippen LogP contribution in [-0.4, -0.2) is 22.2 Å². The average Bonchev–Trinajstić information content (AvgIpc) is 2.63. The summed E-state index contributed by atoms with van der Waals surface area (Å²) in [5, 5.41) is 10.4. The van der Waals surface area contributed by atoms with Gasteiger partial charge in [0.05, 0.1) is 6.10 Å². The van der Waals surface area contributed by atoms with Crippen LogP contribution in [0.15, 0.2) is 73.3 Å². The first-order chi connectivity index (χ1) is 11.7. The lowest BCUT2D eigenvalue weighted by Crippen LogP contribution is -2.41. The van der Waals surface area contributed by atoms with Crippen LogP contribution in [0.5, 0.6) is 0 Å². The summed E-state index contributed by atoms with van der Waals surface area (Å²) in [5.74, 6) is 0.0578. The summed E-state index contributed by atoms with van der Waals surface area (Å²) in [7, 11) is 0. The molecule has 0 amide bonds. The molecule has 128 valence electrons. The highest BCUT2D eigenvalue weighted by molar-refractivity contribution is 5.17. The number of aliphatic hydroxyl groups excluding tert-OH is 1. The van der Waals surface area contributed by atoms with Gasteiger partial charge in [0, 0.05) is 25.0 Å². The smallest absolute Gasteiger partial charge is 0.0615 e. The van der Waals surface area contributed by atoms with Crippen molar-refractivity contribution in [1.29, 1.82) is 0 Å². The van der Waals surface area contributed by atoms with E-state index in [0.717, 1.165) is 19.5 Å². The molecule has 2 heteroatoms. The summed E-state index contributed by atoms with van der Waals surface area (Å²) >= 11 is 0. The van der Waals surface area contributed by atoms with Gasteiger partial charge in [0.15, 0.2) is 0 Å². The second kappa shape index (κ2) is 9.41. The van der Waals surface area contributed by atoms with E-state index in [1.807, 2.05) is 25.1 Å². The molecule has 0 heterocycles. The maximum Gasteiger partial charge on any atom is 0.0615 e. The molecule has 0 spiro atoms. The predicted octanol–water partition coefficient (Wildman–Crippen LogP) is 4.65. The summed E-state index contributed by atoms with van der Waals surface area (Å²) in [5.41, 5.74) is 2.57. The highest BCUT2D eigenvalue weighted by Gasteiger charge is 2.26. The van der Waals surface area contributed by atoms with E-state index in [-0.39, 0.29) is 18.1 Å². The van der Waals surface area contributed by atoms with Gasteiger partial charge in [-0.15, -0.1) is 6.58 Å². The van der Waals surface area contributed by atoms with Gasteiger partial charge in [0.25, 0.3) is 0 Å². The van der Waals surface area contributed by atoms with Gasteiger partial charge in [-0.05, 0) is 24.5 Å². The number of nitrogens with zero attached hydrogens (tertiary/aromatic N) is 1. The normalized spacial score (nSPS) is 15.0. The molecule has 2 rings (SSSR count). The molecule has 2 nitrogen and oxygen atoms in total. The Morgan fingerprint density at radius 1 is 0.958 bits per heavy atom. The molecular weight excluding hydrogens is 294 g/mol. The van der Waals surface area contributed by atoms with Crippen molar-refractivity contribution in [1.82, 2.24) is 4.90 Å². The number of benzene rings is 2. The van der Waals surface area contributed by atoms with Crippen molar-refractivity contribution in [3.63, 3.8) is 0 Å². The van der Waals surface area contributed by atoms with Crippen molar-refractivity contribution in [2.75, 3.05) is 0 Å². The van der Waals surface area contributed by atoms with Crippen LogP contribution >= 0.6 is 0 Å². The van der Waals surface area contributed by atoms with Gasteiger partial charge < -0.3 is 5.11 Å². The number of aliphatic hydroxyl groups is 1. The molecule has 1 N–H and O–H groups in total. The number of hydrogen-bond donors (Lipinski definition) is 1. The Bertz CT molecular complexity index is 554. The fourth-order valence-electron chi connectivity index (χ4n) is 3.17. The summed E-state index contributed by atoms with van der Waals surface area (Å²) in [6.07, 6.45) is 2.29. The Morgan fingerprint density at radius 2 is 1.42 bits per heavy atom. The van der Waals surface area contributed by atoms with Crippen molar-refractivity contribution in [3.05, 3.63) is 84.4 Å². The molecule has 0 aliphatic heterocycles. The molecule has 0 saturated carbocycles. The minimum atomic E-state index is -0.355. The van der Waals surface area contributed by atoms with E-state index < -0.39 is 0 Å². The third-order valence-electron chi connectivity index (χ3n) is 4.72. The molecule has 24 heavy (non-hydrogen) atoms. The van der Waals surface area contributed by atoms with Gasteiger partial charge in [-0.1, -0.05) is 73.7 Å². The zero-order chi connectivity index (χ0) is 17.4. The van der Waals surface area contributed by atoms with Gasteiger partial charge in [-0.3, -0.25) is 4.90 Å². The monoisotopic (exact) mass is 323 g/mol. The molecule has 3 unspecified atom stereocenters. The standard InChI is InChI=1S/C22H29NO/c1-4-21(22(24)5-2)18(3)23(16-19-12-8-6-9-13-19)17-20-14-10-7-11-15-20/h4,6-15,18,21-22,24H,1,5,16-17H2,2-3H3. The highest BCUT2D eigenvalue weighted by atomic mass is 16.3. The topological polar surface area (TPSA) is 23.5 Å². The average molecular weight is 323 g/mol. The first kappa shape index (κ1) is 18.4.